The predicted octanol–water partition coefficient (Wildman–Crippen LogP) is 4.19. The molecule has 4 rings (SSSR count). The summed E-state index contributed by atoms with van der Waals surface area (Å²) in [5.41, 5.74) is 3.08. The third-order valence-electron chi connectivity index (χ3n) is 4.95. The minimum atomic E-state index is 0.0769. The monoisotopic (exact) mass is 326 g/mol. The number of aromatic nitrogens is 1. The molecular formula is C19H22N2O3. The maximum atomic E-state index is 11.4. The molecule has 1 saturated carbocycles. The first-order valence-corrected chi connectivity index (χ1v) is 8.79. The summed E-state index contributed by atoms with van der Waals surface area (Å²) >= 11 is 0. The zero-order valence-electron chi connectivity index (χ0n) is 13.7. The van der Waals surface area contributed by atoms with Gasteiger partial charge in [0.15, 0.2) is 5.76 Å². The van der Waals surface area contributed by atoms with Crippen LogP contribution in [0.3, 0.4) is 0 Å². The molecule has 0 unspecified atom stereocenters. The standard InChI is InChI=1S/C19H22N2O3/c22-19-9-6-14-10-15(7-8-17(14)20-19)23-12-16-11-18(21-24-16)13-4-2-1-3-5-13/h7-8,10-11,13H,1-6,9,12H2,(H,20,22). The minimum Gasteiger partial charge on any atom is -0.486 e. The lowest BCUT2D eigenvalue weighted by Gasteiger charge is -2.18. The van der Waals surface area contributed by atoms with Gasteiger partial charge in [-0.25, -0.2) is 0 Å². The molecule has 0 atom stereocenters. The average molecular weight is 326 g/mol. The Hall–Kier alpha value is -2.30. The van der Waals surface area contributed by atoms with E-state index in [1.165, 1.54) is 32.1 Å². The molecule has 1 fully saturated rings. The van der Waals surface area contributed by atoms with E-state index in [-0.39, 0.29) is 5.91 Å². The fraction of sp³-hybridized carbons (Fsp3) is 0.474. The van der Waals surface area contributed by atoms with Crippen molar-refractivity contribution >= 4 is 11.6 Å². The molecule has 2 aromatic rings. The first kappa shape index (κ1) is 15.2. The van der Waals surface area contributed by atoms with Crippen molar-refractivity contribution < 1.29 is 14.1 Å². The molecule has 0 bridgehead atoms. The lowest BCUT2D eigenvalue weighted by atomic mass is 9.87. The third-order valence-corrected chi connectivity index (χ3v) is 4.95. The Labute approximate surface area is 141 Å². The van der Waals surface area contributed by atoms with E-state index < -0.39 is 0 Å². The molecule has 1 aromatic carbocycles. The van der Waals surface area contributed by atoms with E-state index in [2.05, 4.69) is 10.5 Å². The van der Waals surface area contributed by atoms with Gasteiger partial charge in [-0.15, -0.1) is 0 Å². The van der Waals surface area contributed by atoms with Gasteiger partial charge in [0.1, 0.15) is 12.4 Å². The van der Waals surface area contributed by atoms with Crippen molar-refractivity contribution in [2.75, 3.05) is 5.32 Å². The summed E-state index contributed by atoms with van der Waals surface area (Å²) in [6, 6.07) is 7.81. The summed E-state index contributed by atoms with van der Waals surface area (Å²) in [6.07, 6.45) is 7.62. The summed E-state index contributed by atoms with van der Waals surface area (Å²) < 4.78 is 11.3. The quantitative estimate of drug-likeness (QED) is 0.915. The molecular weight excluding hydrogens is 304 g/mol. The Kier molecular flexibility index (Phi) is 4.24. The number of ether oxygens (including phenoxy) is 1. The summed E-state index contributed by atoms with van der Waals surface area (Å²) in [6.45, 7) is 0.380. The fourth-order valence-electron chi connectivity index (χ4n) is 3.59. The molecule has 1 aliphatic heterocycles. The number of hydrogen-bond donors (Lipinski definition) is 1. The number of benzene rings is 1. The van der Waals surface area contributed by atoms with E-state index in [0.29, 0.717) is 18.9 Å². The van der Waals surface area contributed by atoms with Crippen molar-refractivity contribution in [3.8, 4) is 5.75 Å². The second-order valence-electron chi connectivity index (χ2n) is 6.71. The second-order valence-corrected chi connectivity index (χ2v) is 6.71. The van der Waals surface area contributed by atoms with Gasteiger partial charge in [-0.2, -0.15) is 0 Å². The number of amides is 1. The van der Waals surface area contributed by atoms with Crippen molar-refractivity contribution in [1.29, 1.82) is 0 Å². The molecule has 2 aliphatic rings. The molecule has 2 heterocycles. The molecule has 24 heavy (non-hydrogen) atoms. The van der Waals surface area contributed by atoms with Crippen LogP contribution in [-0.4, -0.2) is 11.1 Å². The lowest BCUT2D eigenvalue weighted by Crippen LogP contribution is -2.18. The van der Waals surface area contributed by atoms with Gasteiger partial charge >= 0.3 is 0 Å². The average Bonchev–Trinajstić information content (AvgIpc) is 3.10. The van der Waals surface area contributed by atoms with Crippen LogP contribution in [0.25, 0.3) is 0 Å². The number of hydrogen-bond acceptors (Lipinski definition) is 4. The normalized spacial score (nSPS) is 18.1. The molecule has 1 N–H and O–H groups in total. The number of anilines is 1. The number of nitrogens with zero attached hydrogens (tertiary/aromatic N) is 1. The van der Waals surface area contributed by atoms with Crippen LogP contribution < -0.4 is 10.1 Å². The van der Waals surface area contributed by atoms with Gasteiger partial charge in [0.25, 0.3) is 0 Å². The van der Waals surface area contributed by atoms with Crippen LogP contribution in [0.4, 0.5) is 5.69 Å². The van der Waals surface area contributed by atoms with Gasteiger partial charge in [0.2, 0.25) is 5.91 Å². The number of carbonyl (C=O) groups excluding carboxylic acids is 1. The van der Waals surface area contributed by atoms with E-state index in [1.807, 2.05) is 24.3 Å². The fourth-order valence-corrected chi connectivity index (χ4v) is 3.59. The lowest BCUT2D eigenvalue weighted by molar-refractivity contribution is -0.116. The van der Waals surface area contributed by atoms with Gasteiger partial charge in [0.05, 0.1) is 5.69 Å². The number of nitrogens with one attached hydrogen (secondary N) is 1. The molecule has 1 aromatic heterocycles. The zero-order valence-corrected chi connectivity index (χ0v) is 13.7. The topological polar surface area (TPSA) is 64.4 Å². The number of aryl methyl sites for hydroxylation is 1. The zero-order chi connectivity index (χ0) is 16.4. The van der Waals surface area contributed by atoms with Crippen LogP contribution in [0.2, 0.25) is 0 Å². The maximum absolute atomic E-state index is 11.4. The Morgan fingerprint density at radius 2 is 2.04 bits per heavy atom. The number of carbonyl (C=O) groups is 1. The van der Waals surface area contributed by atoms with Crippen LogP contribution >= 0.6 is 0 Å². The van der Waals surface area contributed by atoms with Crippen molar-refractivity contribution in [2.45, 2.75) is 57.5 Å². The van der Waals surface area contributed by atoms with Gasteiger partial charge in [-0.3, -0.25) is 4.79 Å². The van der Waals surface area contributed by atoms with E-state index in [1.54, 1.807) is 0 Å². The minimum absolute atomic E-state index is 0.0769. The van der Waals surface area contributed by atoms with Gasteiger partial charge in [-0.05, 0) is 43.0 Å². The number of rotatable bonds is 4. The summed E-state index contributed by atoms with van der Waals surface area (Å²) in [5, 5.41) is 7.11. The Morgan fingerprint density at radius 3 is 2.92 bits per heavy atom. The number of fused-ring (bicyclic) bond motifs is 1. The van der Waals surface area contributed by atoms with Gasteiger partial charge in [0, 0.05) is 24.1 Å². The molecule has 5 nitrogen and oxygen atoms in total. The highest BCUT2D eigenvalue weighted by Gasteiger charge is 2.20. The van der Waals surface area contributed by atoms with Crippen LogP contribution in [0, 0.1) is 0 Å². The van der Waals surface area contributed by atoms with E-state index >= 15 is 0 Å². The highest BCUT2D eigenvalue weighted by molar-refractivity contribution is 5.93. The largest absolute Gasteiger partial charge is 0.486 e. The van der Waals surface area contributed by atoms with Crippen LogP contribution in [0.1, 0.15) is 61.5 Å². The molecule has 126 valence electrons. The van der Waals surface area contributed by atoms with Crippen molar-refractivity contribution in [3.05, 3.63) is 41.3 Å². The second kappa shape index (κ2) is 6.67. The maximum Gasteiger partial charge on any atom is 0.224 e. The predicted molar refractivity (Wildman–Crippen MR) is 90.1 cm³/mol. The van der Waals surface area contributed by atoms with E-state index in [0.717, 1.165) is 34.9 Å². The van der Waals surface area contributed by atoms with Crippen LogP contribution in [-0.2, 0) is 17.8 Å². The smallest absolute Gasteiger partial charge is 0.224 e. The molecule has 0 saturated heterocycles. The summed E-state index contributed by atoms with van der Waals surface area (Å²) in [5.74, 6) is 2.18. The van der Waals surface area contributed by atoms with Gasteiger partial charge in [-0.1, -0.05) is 24.4 Å². The highest BCUT2D eigenvalue weighted by Crippen LogP contribution is 2.32. The summed E-state index contributed by atoms with van der Waals surface area (Å²) in [4.78, 5) is 11.4. The van der Waals surface area contributed by atoms with Crippen molar-refractivity contribution in [3.63, 3.8) is 0 Å². The first-order valence-electron chi connectivity index (χ1n) is 8.79. The third kappa shape index (κ3) is 3.30. The summed E-state index contributed by atoms with van der Waals surface area (Å²) in [7, 11) is 0. The highest BCUT2D eigenvalue weighted by atomic mass is 16.5. The Balaban J connectivity index is 1.38. The van der Waals surface area contributed by atoms with E-state index in [4.69, 9.17) is 9.26 Å². The molecule has 0 radical (unpaired) electrons. The van der Waals surface area contributed by atoms with Crippen LogP contribution in [0.15, 0.2) is 28.8 Å². The molecule has 1 aliphatic carbocycles. The Morgan fingerprint density at radius 1 is 1.17 bits per heavy atom. The molecule has 0 spiro atoms. The Bertz CT molecular complexity index is 732. The van der Waals surface area contributed by atoms with Gasteiger partial charge < -0.3 is 14.6 Å². The van der Waals surface area contributed by atoms with Crippen LogP contribution in [0.5, 0.6) is 5.75 Å². The SMILES string of the molecule is O=C1CCc2cc(OCc3cc(C4CCCCC4)no3)ccc2N1. The van der Waals surface area contributed by atoms with E-state index in [9.17, 15) is 4.79 Å². The molecule has 5 heteroatoms. The first-order chi connectivity index (χ1) is 11.8. The molecule has 1 amide bonds. The van der Waals surface area contributed by atoms with Crippen molar-refractivity contribution in [1.82, 2.24) is 5.16 Å². The van der Waals surface area contributed by atoms with Crippen molar-refractivity contribution in [2.24, 2.45) is 0 Å².